The molecule has 0 fully saturated rings. The Labute approximate surface area is 135 Å². The van der Waals surface area contributed by atoms with Gasteiger partial charge in [-0.15, -0.1) is 0 Å². The number of rotatable bonds is 7. The largest absolute Gasteiger partial charge is 0.494 e. The summed E-state index contributed by atoms with van der Waals surface area (Å²) in [6.07, 6.45) is 1.93. The number of hydrogen-bond donors (Lipinski definition) is 0. The van der Waals surface area contributed by atoms with E-state index < -0.39 is 0 Å². The highest BCUT2D eigenvalue weighted by atomic mass is 35.5. The van der Waals surface area contributed by atoms with E-state index in [1.807, 2.05) is 36.4 Å². The molecule has 3 nitrogen and oxygen atoms in total. The third kappa shape index (κ3) is 4.91. The van der Waals surface area contributed by atoms with Crippen molar-refractivity contribution in [2.24, 2.45) is 0 Å². The van der Waals surface area contributed by atoms with E-state index in [4.69, 9.17) is 21.6 Å². The summed E-state index contributed by atoms with van der Waals surface area (Å²) in [4.78, 5) is 10.6. The van der Waals surface area contributed by atoms with E-state index in [1.165, 1.54) is 0 Å². The van der Waals surface area contributed by atoms with Crippen LogP contribution in [0.3, 0.4) is 0 Å². The van der Waals surface area contributed by atoms with Gasteiger partial charge in [-0.05, 0) is 59.8 Å². The molecule has 0 bridgehead atoms. The van der Waals surface area contributed by atoms with E-state index in [2.05, 4.69) is 6.07 Å². The number of unbranched alkanes of at least 4 members (excludes halogenated alkanes) is 1. The molecule has 0 unspecified atom stereocenters. The highest BCUT2D eigenvalue weighted by Crippen LogP contribution is 2.23. The molecular formula is C18H16ClNO2. The Balaban J connectivity index is 1.87. The number of ether oxygens (including phenoxy) is 1. The van der Waals surface area contributed by atoms with Crippen molar-refractivity contribution in [3.63, 3.8) is 0 Å². The maximum Gasteiger partial charge on any atom is 0.221 e. The van der Waals surface area contributed by atoms with Crippen molar-refractivity contribution in [3.8, 4) is 22.9 Å². The maximum absolute atomic E-state index is 10.6. The first-order chi connectivity index (χ1) is 10.7. The van der Waals surface area contributed by atoms with Gasteiger partial charge in [-0.3, -0.25) is 4.79 Å². The number of nitriles is 1. The first-order valence-corrected chi connectivity index (χ1v) is 7.48. The molecule has 0 aliphatic rings. The second-order valence-electron chi connectivity index (χ2n) is 4.87. The van der Waals surface area contributed by atoms with Crippen molar-refractivity contribution in [1.29, 1.82) is 5.26 Å². The fourth-order valence-electron chi connectivity index (χ4n) is 2.04. The summed E-state index contributed by atoms with van der Waals surface area (Å²) in [5, 5.41) is 8.49. The van der Waals surface area contributed by atoms with Crippen LogP contribution < -0.4 is 4.74 Å². The van der Waals surface area contributed by atoms with Crippen molar-refractivity contribution in [2.45, 2.75) is 19.3 Å². The zero-order chi connectivity index (χ0) is 15.8. The molecule has 0 heterocycles. The fraction of sp³-hybridized carbons (Fsp3) is 0.222. The van der Waals surface area contributed by atoms with Gasteiger partial charge in [0.2, 0.25) is 5.24 Å². The number of carbonyl (C=O) groups excluding carboxylic acids is 1. The summed E-state index contributed by atoms with van der Waals surface area (Å²) in [7, 11) is 0. The van der Waals surface area contributed by atoms with Crippen LogP contribution in [0.2, 0.25) is 0 Å². The van der Waals surface area contributed by atoms with Crippen LogP contribution in [0.25, 0.3) is 11.1 Å². The summed E-state index contributed by atoms with van der Waals surface area (Å²) < 4.78 is 5.62. The van der Waals surface area contributed by atoms with Gasteiger partial charge in [-0.25, -0.2) is 0 Å². The molecule has 112 valence electrons. The van der Waals surface area contributed by atoms with E-state index in [1.54, 1.807) is 12.1 Å². The lowest BCUT2D eigenvalue weighted by Crippen LogP contribution is -1.98. The molecule has 22 heavy (non-hydrogen) atoms. The third-order valence-corrected chi connectivity index (χ3v) is 3.43. The highest BCUT2D eigenvalue weighted by Gasteiger charge is 2.00. The van der Waals surface area contributed by atoms with Gasteiger partial charge in [0.15, 0.2) is 0 Å². The van der Waals surface area contributed by atoms with Gasteiger partial charge in [0.25, 0.3) is 0 Å². The molecule has 0 amide bonds. The predicted molar refractivity (Wildman–Crippen MR) is 86.8 cm³/mol. The Morgan fingerprint density at radius 2 is 1.59 bits per heavy atom. The Morgan fingerprint density at radius 3 is 2.14 bits per heavy atom. The van der Waals surface area contributed by atoms with Gasteiger partial charge in [0, 0.05) is 6.42 Å². The van der Waals surface area contributed by atoms with Gasteiger partial charge in [0.1, 0.15) is 5.75 Å². The first-order valence-electron chi connectivity index (χ1n) is 7.11. The number of hydrogen-bond acceptors (Lipinski definition) is 3. The lowest BCUT2D eigenvalue weighted by atomic mass is 10.0. The molecule has 0 saturated carbocycles. The first kappa shape index (κ1) is 16.1. The quantitative estimate of drug-likeness (QED) is 0.557. The van der Waals surface area contributed by atoms with Crippen molar-refractivity contribution in [3.05, 3.63) is 54.1 Å². The molecule has 0 aliphatic heterocycles. The number of halogens is 1. The normalized spacial score (nSPS) is 10.0. The fourth-order valence-corrected chi connectivity index (χ4v) is 2.17. The molecule has 0 radical (unpaired) electrons. The lowest BCUT2D eigenvalue weighted by Gasteiger charge is -2.07. The summed E-state index contributed by atoms with van der Waals surface area (Å²) in [6.45, 7) is 0.570. The van der Waals surface area contributed by atoms with Gasteiger partial charge in [0.05, 0.1) is 18.2 Å². The molecule has 0 spiro atoms. The van der Waals surface area contributed by atoms with E-state index in [9.17, 15) is 4.79 Å². The van der Waals surface area contributed by atoms with Crippen LogP contribution in [0.5, 0.6) is 5.75 Å². The lowest BCUT2D eigenvalue weighted by molar-refractivity contribution is -0.111. The minimum Gasteiger partial charge on any atom is -0.494 e. The number of carbonyl (C=O) groups is 1. The molecule has 4 heteroatoms. The second-order valence-corrected chi connectivity index (χ2v) is 5.30. The molecule has 0 atom stereocenters. The van der Waals surface area contributed by atoms with Crippen molar-refractivity contribution in [2.75, 3.05) is 6.61 Å². The van der Waals surface area contributed by atoms with Crippen LogP contribution in [0.1, 0.15) is 24.8 Å². The monoisotopic (exact) mass is 313 g/mol. The second kappa shape index (κ2) is 8.21. The molecule has 0 saturated heterocycles. The topological polar surface area (TPSA) is 50.1 Å². The Kier molecular flexibility index (Phi) is 6.00. The van der Waals surface area contributed by atoms with Crippen molar-refractivity contribution >= 4 is 16.8 Å². The summed E-state index contributed by atoms with van der Waals surface area (Å²) in [5.41, 5.74) is 2.79. The molecular weight excluding hydrogens is 298 g/mol. The Bertz CT molecular complexity index is 657. The summed E-state index contributed by atoms with van der Waals surface area (Å²) in [6, 6.07) is 17.4. The molecule has 0 aromatic heterocycles. The molecule has 2 aromatic carbocycles. The van der Waals surface area contributed by atoms with Crippen LogP contribution in [-0.4, -0.2) is 11.8 Å². The number of benzene rings is 2. The van der Waals surface area contributed by atoms with Crippen LogP contribution in [0.4, 0.5) is 0 Å². The summed E-state index contributed by atoms with van der Waals surface area (Å²) in [5.74, 6) is 0.801. The zero-order valence-corrected chi connectivity index (χ0v) is 12.8. The van der Waals surface area contributed by atoms with E-state index in [-0.39, 0.29) is 5.24 Å². The van der Waals surface area contributed by atoms with Gasteiger partial charge in [-0.2, -0.15) is 5.26 Å². The van der Waals surface area contributed by atoms with Crippen LogP contribution in [-0.2, 0) is 4.79 Å². The predicted octanol–water partition coefficient (Wildman–Crippen LogP) is 4.54. The van der Waals surface area contributed by atoms with Crippen LogP contribution >= 0.6 is 11.6 Å². The van der Waals surface area contributed by atoms with Crippen molar-refractivity contribution < 1.29 is 9.53 Å². The van der Waals surface area contributed by atoms with Crippen molar-refractivity contribution in [1.82, 2.24) is 0 Å². The van der Waals surface area contributed by atoms with Gasteiger partial charge < -0.3 is 4.74 Å². The van der Waals surface area contributed by atoms with Crippen LogP contribution in [0, 0.1) is 11.3 Å². The minimum absolute atomic E-state index is 0.299. The number of nitrogens with zero attached hydrogens (tertiary/aromatic N) is 1. The van der Waals surface area contributed by atoms with E-state index >= 15 is 0 Å². The smallest absolute Gasteiger partial charge is 0.221 e. The molecule has 2 rings (SSSR count). The third-order valence-electron chi connectivity index (χ3n) is 3.24. The Hall–Kier alpha value is -2.31. The highest BCUT2D eigenvalue weighted by molar-refractivity contribution is 6.63. The zero-order valence-electron chi connectivity index (χ0n) is 12.1. The summed E-state index contributed by atoms with van der Waals surface area (Å²) >= 11 is 5.27. The van der Waals surface area contributed by atoms with E-state index in [0.717, 1.165) is 29.7 Å². The molecule has 0 aliphatic carbocycles. The van der Waals surface area contributed by atoms with Gasteiger partial charge >= 0.3 is 0 Å². The molecule has 0 N–H and O–H groups in total. The Morgan fingerprint density at radius 1 is 1.00 bits per heavy atom. The SMILES string of the molecule is N#Cc1ccc(-c2ccc(OCCCCC(=O)Cl)cc2)cc1. The van der Waals surface area contributed by atoms with E-state index in [0.29, 0.717) is 18.6 Å². The molecule has 2 aromatic rings. The average Bonchev–Trinajstić information content (AvgIpc) is 2.55. The van der Waals surface area contributed by atoms with Crippen LogP contribution in [0.15, 0.2) is 48.5 Å². The van der Waals surface area contributed by atoms with Gasteiger partial charge in [-0.1, -0.05) is 24.3 Å². The standard InChI is InChI=1S/C18H16ClNO2/c19-18(21)3-1-2-12-22-17-10-8-16(9-11-17)15-6-4-14(13-20)5-7-15/h4-11H,1-3,12H2. The average molecular weight is 314 g/mol. The maximum atomic E-state index is 10.6. The minimum atomic E-state index is -0.299.